The van der Waals surface area contributed by atoms with Gasteiger partial charge in [-0.1, -0.05) is 60.7 Å². The summed E-state index contributed by atoms with van der Waals surface area (Å²) in [5.74, 6) is -0.700. The lowest BCUT2D eigenvalue weighted by Crippen LogP contribution is -2.40. The van der Waals surface area contributed by atoms with Crippen molar-refractivity contribution in [2.24, 2.45) is 5.92 Å². The van der Waals surface area contributed by atoms with Gasteiger partial charge in [-0.15, -0.1) is 0 Å². The van der Waals surface area contributed by atoms with E-state index >= 15 is 0 Å². The number of aromatic hydroxyl groups is 1. The number of halogens is 1. The summed E-state index contributed by atoms with van der Waals surface area (Å²) in [7, 11) is 0. The third-order valence-corrected chi connectivity index (χ3v) is 10.1. The van der Waals surface area contributed by atoms with Crippen molar-refractivity contribution in [3.8, 4) is 11.5 Å². The Hall–Kier alpha value is -5.07. The SMILES string of the molecule is O=C(OCC1CCN(Cc2ccccc2)CC1)C(O)(c1ccc(F)cc1)c1cccc(OCCCCCNC[C@H](O)c2ccc(O)c3[nH]c(=O)ccc23)c1. The fourth-order valence-corrected chi connectivity index (χ4v) is 6.97. The number of esters is 1. The van der Waals surface area contributed by atoms with Gasteiger partial charge in [0.2, 0.25) is 11.2 Å². The lowest BCUT2D eigenvalue weighted by atomic mass is 9.86. The van der Waals surface area contributed by atoms with Gasteiger partial charge in [0.25, 0.3) is 0 Å². The number of nitrogens with zero attached hydrogens (tertiary/aromatic N) is 1. The van der Waals surface area contributed by atoms with Crippen LogP contribution in [-0.4, -0.2) is 70.6 Å². The Bertz CT molecular complexity index is 2030. The quantitative estimate of drug-likeness (QED) is 0.0579. The number of benzene rings is 4. The topological polar surface area (TPSA) is 144 Å². The molecule has 11 heteroatoms. The Labute approximate surface area is 314 Å². The molecule has 54 heavy (non-hydrogen) atoms. The molecule has 2 atom stereocenters. The lowest BCUT2D eigenvalue weighted by Gasteiger charge is -2.33. The van der Waals surface area contributed by atoms with E-state index in [2.05, 4.69) is 27.3 Å². The van der Waals surface area contributed by atoms with Gasteiger partial charge in [0.15, 0.2) is 0 Å². The average Bonchev–Trinajstić information content (AvgIpc) is 3.19. The maximum Gasteiger partial charge on any atom is 0.347 e. The summed E-state index contributed by atoms with van der Waals surface area (Å²) in [5.41, 5.74) is 0.147. The molecule has 1 aromatic heterocycles. The molecule has 1 unspecified atom stereocenters. The molecule has 2 heterocycles. The summed E-state index contributed by atoms with van der Waals surface area (Å²) in [6, 6.07) is 28.3. The van der Waals surface area contributed by atoms with E-state index in [0.29, 0.717) is 41.9 Å². The number of aliphatic hydroxyl groups excluding tert-OH is 1. The molecule has 1 fully saturated rings. The molecule has 6 rings (SSSR count). The van der Waals surface area contributed by atoms with E-state index in [1.165, 1.54) is 42.0 Å². The van der Waals surface area contributed by atoms with Crippen molar-refractivity contribution in [1.29, 1.82) is 0 Å². The number of aromatic amines is 1. The molecular formula is C43H48FN3O7. The van der Waals surface area contributed by atoms with Crippen LogP contribution in [0.25, 0.3) is 10.9 Å². The molecule has 0 amide bonds. The molecule has 0 radical (unpaired) electrons. The van der Waals surface area contributed by atoms with Crippen LogP contribution in [-0.2, 0) is 21.7 Å². The number of unbranched alkanes of at least 4 members (excludes halogenated alkanes) is 2. The van der Waals surface area contributed by atoms with Gasteiger partial charge < -0.3 is 35.1 Å². The van der Waals surface area contributed by atoms with Crippen molar-refractivity contribution in [3.05, 3.63) is 142 Å². The monoisotopic (exact) mass is 737 g/mol. The molecule has 5 aromatic rings. The largest absolute Gasteiger partial charge is 0.506 e. The van der Waals surface area contributed by atoms with Crippen LogP contribution in [0.5, 0.6) is 11.5 Å². The zero-order chi connectivity index (χ0) is 37.9. The van der Waals surface area contributed by atoms with Gasteiger partial charge in [0.1, 0.15) is 17.3 Å². The van der Waals surface area contributed by atoms with Gasteiger partial charge in [-0.05, 0) is 111 Å². The number of rotatable bonds is 17. The molecule has 4 aromatic carbocycles. The van der Waals surface area contributed by atoms with Crippen molar-refractivity contribution in [2.45, 2.75) is 50.4 Å². The van der Waals surface area contributed by atoms with Gasteiger partial charge in [0, 0.05) is 30.1 Å². The number of carbonyl (C=O) groups is 1. The minimum atomic E-state index is -2.17. The number of aliphatic hydroxyl groups is 2. The molecule has 1 saturated heterocycles. The fourth-order valence-electron chi connectivity index (χ4n) is 6.97. The van der Waals surface area contributed by atoms with E-state index in [1.54, 1.807) is 36.4 Å². The summed E-state index contributed by atoms with van der Waals surface area (Å²) in [5, 5.41) is 36.7. The number of carbonyl (C=O) groups excluding carboxylic acids is 1. The smallest absolute Gasteiger partial charge is 0.347 e. The Morgan fingerprint density at radius 2 is 1.70 bits per heavy atom. The van der Waals surface area contributed by atoms with E-state index in [0.717, 1.165) is 51.7 Å². The van der Waals surface area contributed by atoms with E-state index in [4.69, 9.17) is 9.47 Å². The number of phenolic OH excluding ortho intramolecular Hbond substituents is 1. The summed E-state index contributed by atoms with van der Waals surface area (Å²) in [6.07, 6.45) is 3.35. The van der Waals surface area contributed by atoms with Crippen LogP contribution in [0.15, 0.2) is 108 Å². The van der Waals surface area contributed by atoms with E-state index in [9.17, 15) is 29.3 Å². The number of ether oxygens (including phenoxy) is 2. The number of hydrogen-bond acceptors (Lipinski definition) is 9. The van der Waals surface area contributed by atoms with Crippen molar-refractivity contribution in [1.82, 2.24) is 15.2 Å². The normalized spacial score (nSPS) is 15.5. The van der Waals surface area contributed by atoms with Gasteiger partial charge in [0.05, 0.1) is 24.8 Å². The van der Waals surface area contributed by atoms with Crippen molar-refractivity contribution >= 4 is 16.9 Å². The van der Waals surface area contributed by atoms with Crippen molar-refractivity contribution < 1.29 is 34.0 Å². The highest BCUT2D eigenvalue weighted by Gasteiger charge is 2.42. The highest BCUT2D eigenvalue weighted by molar-refractivity contribution is 5.87. The van der Waals surface area contributed by atoms with Gasteiger partial charge in [-0.3, -0.25) is 9.69 Å². The van der Waals surface area contributed by atoms with Crippen molar-refractivity contribution in [2.75, 3.05) is 39.4 Å². The molecule has 284 valence electrons. The number of nitrogens with one attached hydrogen (secondary N) is 2. The number of aromatic nitrogens is 1. The Kier molecular flexibility index (Phi) is 13.1. The zero-order valence-electron chi connectivity index (χ0n) is 30.3. The molecular weight excluding hydrogens is 689 g/mol. The van der Waals surface area contributed by atoms with Gasteiger partial charge in [-0.2, -0.15) is 0 Å². The van der Waals surface area contributed by atoms with Crippen LogP contribution in [0.3, 0.4) is 0 Å². The highest BCUT2D eigenvalue weighted by Crippen LogP contribution is 2.34. The maximum absolute atomic E-state index is 13.9. The predicted octanol–water partition coefficient (Wildman–Crippen LogP) is 5.94. The van der Waals surface area contributed by atoms with Crippen LogP contribution in [0.2, 0.25) is 0 Å². The molecule has 0 aliphatic carbocycles. The second-order valence-corrected chi connectivity index (χ2v) is 14.0. The highest BCUT2D eigenvalue weighted by atomic mass is 19.1. The lowest BCUT2D eigenvalue weighted by molar-refractivity contribution is -0.164. The number of H-pyrrole nitrogens is 1. The van der Waals surface area contributed by atoms with Crippen LogP contribution < -0.4 is 15.6 Å². The number of pyridine rings is 1. The zero-order valence-corrected chi connectivity index (χ0v) is 30.3. The maximum atomic E-state index is 13.9. The average molecular weight is 738 g/mol. The van der Waals surface area contributed by atoms with Crippen LogP contribution in [0.1, 0.15) is 60.5 Å². The fraction of sp³-hybridized carbons (Fsp3) is 0.349. The third kappa shape index (κ3) is 9.72. The van der Waals surface area contributed by atoms with E-state index < -0.39 is 23.5 Å². The van der Waals surface area contributed by atoms with E-state index in [1.807, 2.05) is 18.2 Å². The minimum absolute atomic E-state index is 0.0523. The number of likely N-dealkylation sites (tertiary alicyclic amines) is 1. The standard InChI is InChI=1S/C43H48FN3O7/c44-34-14-12-32(13-15-34)43(52,42(51)54-29-31-20-23-47(24-21-31)28-30-8-3-1-4-9-30)33-10-7-11-35(26-33)53-25-6-2-5-22-45-27-39(49)36-16-18-38(48)41-37(36)17-19-40(50)46-41/h1,3-4,7-19,26,31,39,45,48-49,52H,2,5-6,20-25,27-29H2,(H,46,50)/t39-,43?/m0/s1. The molecule has 10 nitrogen and oxygen atoms in total. The first-order valence-electron chi connectivity index (χ1n) is 18.6. The molecule has 1 aliphatic heterocycles. The second-order valence-electron chi connectivity index (χ2n) is 14.0. The van der Waals surface area contributed by atoms with E-state index in [-0.39, 0.29) is 35.0 Å². The summed E-state index contributed by atoms with van der Waals surface area (Å²) in [4.78, 5) is 30.4. The molecule has 0 bridgehead atoms. The third-order valence-electron chi connectivity index (χ3n) is 10.1. The summed E-state index contributed by atoms with van der Waals surface area (Å²) < 4.78 is 25.7. The Morgan fingerprint density at radius 3 is 2.48 bits per heavy atom. The first-order chi connectivity index (χ1) is 26.2. The van der Waals surface area contributed by atoms with Crippen LogP contribution in [0, 0.1) is 11.7 Å². The number of phenols is 1. The van der Waals surface area contributed by atoms with Crippen LogP contribution >= 0.6 is 0 Å². The number of fused-ring (bicyclic) bond motifs is 1. The first-order valence-corrected chi connectivity index (χ1v) is 18.6. The molecule has 0 spiro atoms. The first kappa shape index (κ1) is 38.6. The minimum Gasteiger partial charge on any atom is -0.506 e. The van der Waals surface area contributed by atoms with Gasteiger partial charge >= 0.3 is 5.97 Å². The molecule has 5 N–H and O–H groups in total. The van der Waals surface area contributed by atoms with Gasteiger partial charge in [-0.25, -0.2) is 9.18 Å². The number of piperidine rings is 1. The Balaban J connectivity index is 0.974. The summed E-state index contributed by atoms with van der Waals surface area (Å²) in [6.45, 7) is 4.22. The number of hydrogen-bond donors (Lipinski definition) is 5. The molecule has 0 saturated carbocycles. The second kappa shape index (κ2) is 18.3. The van der Waals surface area contributed by atoms with Crippen LogP contribution in [0.4, 0.5) is 4.39 Å². The predicted molar refractivity (Wildman–Crippen MR) is 205 cm³/mol. The molecule has 1 aliphatic rings. The summed E-state index contributed by atoms with van der Waals surface area (Å²) >= 11 is 0. The Morgan fingerprint density at radius 1 is 0.926 bits per heavy atom. The van der Waals surface area contributed by atoms with Crippen molar-refractivity contribution in [3.63, 3.8) is 0 Å².